The Bertz CT molecular complexity index is 678. The molecule has 0 spiro atoms. The Morgan fingerprint density at radius 3 is 2.48 bits per heavy atom. The minimum absolute atomic E-state index is 0.228. The van der Waals surface area contributed by atoms with Crippen molar-refractivity contribution in [1.82, 2.24) is 9.88 Å². The standard InChI is InChI=1S/C20H24N2O3/c23-17-5-3-14(4-6-17)20(24)13-22-11-15-8-19(9-16(15)12-22)25-18-2-1-7-21-10-18/h1-7,10,15-16,19-20,23-24H,8-9,11-13H2/t15-,16+,19?,20?. The Kier molecular flexibility index (Phi) is 4.59. The van der Waals surface area contributed by atoms with Crippen LogP contribution in [0.5, 0.6) is 11.5 Å². The van der Waals surface area contributed by atoms with E-state index in [9.17, 15) is 10.2 Å². The zero-order valence-electron chi connectivity index (χ0n) is 14.2. The molecule has 5 heteroatoms. The third-order valence-corrected chi connectivity index (χ3v) is 5.43. The number of rotatable bonds is 5. The van der Waals surface area contributed by atoms with Crippen molar-refractivity contribution in [2.75, 3.05) is 19.6 Å². The highest BCUT2D eigenvalue weighted by Crippen LogP contribution is 2.40. The molecule has 1 aromatic heterocycles. The van der Waals surface area contributed by atoms with Crippen molar-refractivity contribution in [2.24, 2.45) is 11.8 Å². The lowest BCUT2D eigenvalue weighted by atomic mass is 10.0. The molecule has 132 valence electrons. The first-order chi connectivity index (χ1) is 12.2. The van der Waals surface area contributed by atoms with Gasteiger partial charge in [-0.25, -0.2) is 0 Å². The number of aromatic nitrogens is 1. The van der Waals surface area contributed by atoms with Crippen LogP contribution in [0.3, 0.4) is 0 Å². The van der Waals surface area contributed by atoms with E-state index in [2.05, 4.69) is 9.88 Å². The van der Waals surface area contributed by atoms with E-state index in [0.29, 0.717) is 18.4 Å². The van der Waals surface area contributed by atoms with Gasteiger partial charge in [0.05, 0.1) is 18.4 Å². The average molecular weight is 340 g/mol. The average Bonchev–Trinajstić information content (AvgIpc) is 3.14. The van der Waals surface area contributed by atoms with E-state index in [1.807, 2.05) is 12.1 Å². The SMILES string of the molecule is Oc1ccc(C(O)CN2C[C@H]3CC(Oc4cccnc4)C[C@H]3C2)cc1. The minimum Gasteiger partial charge on any atom is -0.508 e. The van der Waals surface area contributed by atoms with Crippen LogP contribution in [0.4, 0.5) is 0 Å². The number of fused-ring (bicyclic) bond motifs is 1. The van der Waals surface area contributed by atoms with Crippen LogP contribution in [-0.4, -0.2) is 45.8 Å². The van der Waals surface area contributed by atoms with Gasteiger partial charge < -0.3 is 14.9 Å². The number of benzene rings is 1. The molecule has 1 aromatic carbocycles. The van der Waals surface area contributed by atoms with E-state index >= 15 is 0 Å². The summed E-state index contributed by atoms with van der Waals surface area (Å²) in [6, 6.07) is 10.7. The molecule has 1 saturated carbocycles. The maximum Gasteiger partial charge on any atom is 0.137 e. The zero-order valence-corrected chi connectivity index (χ0v) is 14.2. The predicted octanol–water partition coefficient (Wildman–Crippen LogP) is 2.61. The third-order valence-electron chi connectivity index (χ3n) is 5.43. The predicted molar refractivity (Wildman–Crippen MR) is 94.4 cm³/mol. The number of β-amino-alcohol motifs (C(OH)–C–C–N with tert-alkyl or cyclic N) is 1. The van der Waals surface area contributed by atoms with Gasteiger partial charge in [0.25, 0.3) is 0 Å². The molecule has 2 fully saturated rings. The summed E-state index contributed by atoms with van der Waals surface area (Å²) in [4.78, 5) is 6.46. The summed E-state index contributed by atoms with van der Waals surface area (Å²) < 4.78 is 6.05. The quantitative estimate of drug-likeness (QED) is 0.876. The van der Waals surface area contributed by atoms with Gasteiger partial charge in [0.1, 0.15) is 11.5 Å². The number of hydrogen-bond donors (Lipinski definition) is 2. The molecule has 0 amide bonds. The van der Waals surface area contributed by atoms with Crippen molar-refractivity contribution >= 4 is 0 Å². The number of aliphatic hydroxyl groups is 1. The Morgan fingerprint density at radius 2 is 1.84 bits per heavy atom. The van der Waals surface area contributed by atoms with Crippen LogP contribution in [0.1, 0.15) is 24.5 Å². The number of ether oxygens (including phenoxy) is 1. The first-order valence-corrected chi connectivity index (χ1v) is 8.93. The van der Waals surface area contributed by atoms with Crippen LogP contribution >= 0.6 is 0 Å². The lowest BCUT2D eigenvalue weighted by Crippen LogP contribution is -2.28. The fraction of sp³-hybridized carbons (Fsp3) is 0.450. The summed E-state index contributed by atoms with van der Waals surface area (Å²) in [5.74, 6) is 2.38. The molecule has 1 aliphatic heterocycles. The van der Waals surface area contributed by atoms with Gasteiger partial charge in [-0.3, -0.25) is 9.88 Å². The summed E-state index contributed by atoms with van der Waals surface area (Å²) >= 11 is 0. The molecule has 2 aliphatic rings. The maximum absolute atomic E-state index is 10.4. The van der Waals surface area contributed by atoms with Crippen molar-refractivity contribution < 1.29 is 14.9 Å². The smallest absolute Gasteiger partial charge is 0.137 e. The van der Waals surface area contributed by atoms with Gasteiger partial charge in [0, 0.05) is 25.8 Å². The number of aliphatic hydroxyl groups excluding tert-OH is 1. The van der Waals surface area contributed by atoms with Crippen molar-refractivity contribution in [3.63, 3.8) is 0 Å². The molecule has 5 nitrogen and oxygen atoms in total. The van der Waals surface area contributed by atoms with E-state index < -0.39 is 6.10 Å². The molecule has 4 rings (SSSR count). The molecule has 2 aromatic rings. The van der Waals surface area contributed by atoms with E-state index in [-0.39, 0.29) is 11.9 Å². The highest BCUT2D eigenvalue weighted by Gasteiger charge is 2.42. The Balaban J connectivity index is 1.28. The molecular formula is C20H24N2O3. The topological polar surface area (TPSA) is 65.8 Å². The van der Waals surface area contributed by atoms with Crippen LogP contribution in [-0.2, 0) is 0 Å². The second-order valence-electron chi connectivity index (χ2n) is 7.25. The maximum atomic E-state index is 10.4. The van der Waals surface area contributed by atoms with Crippen LogP contribution in [0.15, 0.2) is 48.8 Å². The fourth-order valence-electron chi connectivity index (χ4n) is 4.24. The monoisotopic (exact) mass is 340 g/mol. The zero-order chi connectivity index (χ0) is 17.2. The Hall–Kier alpha value is -2.11. The van der Waals surface area contributed by atoms with Crippen LogP contribution < -0.4 is 4.74 Å². The van der Waals surface area contributed by atoms with Gasteiger partial charge in [-0.2, -0.15) is 0 Å². The number of hydrogen-bond acceptors (Lipinski definition) is 5. The van der Waals surface area contributed by atoms with E-state index in [1.165, 1.54) is 0 Å². The van der Waals surface area contributed by atoms with Gasteiger partial charge >= 0.3 is 0 Å². The number of pyridine rings is 1. The largest absolute Gasteiger partial charge is 0.508 e. The molecule has 4 atom stereocenters. The second-order valence-corrected chi connectivity index (χ2v) is 7.25. The van der Waals surface area contributed by atoms with Crippen molar-refractivity contribution in [3.8, 4) is 11.5 Å². The Morgan fingerprint density at radius 1 is 1.12 bits per heavy atom. The third kappa shape index (κ3) is 3.78. The van der Waals surface area contributed by atoms with E-state index in [4.69, 9.17) is 4.74 Å². The molecule has 25 heavy (non-hydrogen) atoms. The number of phenolic OH excluding ortho intramolecular Hbond substituents is 1. The normalized spacial score (nSPS) is 27.2. The van der Waals surface area contributed by atoms with Gasteiger partial charge in [0.15, 0.2) is 0 Å². The van der Waals surface area contributed by atoms with Gasteiger partial charge in [-0.1, -0.05) is 12.1 Å². The first kappa shape index (κ1) is 16.4. The lowest BCUT2D eigenvalue weighted by molar-refractivity contribution is 0.116. The number of aromatic hydroxyl groups is 1. The summed E-state index contributed by atoms with van der Waals surface area (Å²) in [7, 11) is 0. The number of phenols is 1. The molecule has 0 bridgehead atoms. The molecule has 1 saturated heterocycles. The first-order valence-electron chi connectivity index (χ1n) is 8.93. The van der Waals surface area contributed by atoms with Crippen LogP contribution in [0.25, 0.3) is 0 Å². The van der Waals surface area contributed by atoms with Gasteiger partial charge in [0.2, 0.25) is 0 Å². The van der Waals surface area contributed by atoms with Crippen LogP contribution in [0, 0.1) is 11.8 Å². The number of likely N-dealkylation sites (tertiary alicyclic amines) is 1. The van der Waals surface area contributed by atoms with Crippen molar-refractivity contribution in [3.05, 3.63) is 54.4 Å². The van der Waals surface area contributed by atoms with E-state index in [1.54, 1.807) is 36.7 Å². The van der Waals surface area contributed by atoms with Gasteiger partial charge in [-0.05, 0) is 54.5 Å². The van der Waals surface area contributed by atoms with Crippen LogP contribution in [0.2, 0.25) is 0 Å². The molecule has 2 unspecified atom stereocenters. The Labute approximate surface area is 147 Å². The number of nitrogens with zero attached hydrogens (tertiary/aromatic N) is 2. The second kappa shape index (κ2) is 7.02. The fourth-order valence-corrected chi connectivity index (χ4v) is 4.24. The summed E-state index contributed by atoms with van der Waals surface area (Å²) in [6.45, 7) is 2.69. The lowest BCUT2D eigenvalue weighted by Gasteiger charge is -2.22. The van der Waals surface area contributed by atoms with Gasteiger partial charge in [-0.15, -0.1) is 0 Å². The highest BCUT2D eigenvalue weighted by molar-refractivity contribution is 5.27. The van der Waals surface area contributed by atoms with Crippen molar-refractivity contribution in [2.45, 2.75) is 25.0 Å². The summed E-state index contributed by atoms with van der Waals surface area (Å²) in [5, 5.41) is 19.8. The molecule has 1 aliphatic carbocycles. The summed E-state index contributed by atoms with van der Waals surface area (Å²) in [6.07, 6.45) is 5.45. The minimum atomic E-state index is -0.512. The molecule has 0 radical (unpaired) electrons. The molecular weight excluding hydrogens is 316 g/mol. The highest BCUT2D eigenvalue weighted by atomic mass is 16.5. The van der Waals surface area contributed by atoms with E-state index in [0.717, 1.165) is 37.2 Å². The van der Waals surface area contributed by atoms with Crippen molar-refractivity contribution in [1.29, 1.82) is 0 Å². The molecule has 2 heterocycles. The summed E-state index contributed by atoms with van der Waals surface area (Å²) in [5.41, 5.74) is 0.854. The molecule has 2 N–H and O–H groups in total.